The van der Waals surface area contributed by atoms with Gasteiger partial charge < -0.3 is 9.84 Å². The molecule has 0 unspecified atom stereocenters. The SMILES string of the molecule is CCCCCCCOc1cc(Cl)c(O)c2ccccc12. The molecule has 2 rings (SSSR count). The minimum absolute atomic E-state index is 0.123. The summed E-state index contributed by atoms with van der Waals surface area (Å²) in [7, 11) is 0. The van der Waals surface area contributed by atoms with E-state index in [1.54, 1.807) is 6.07 Å². The second kappa shape index (κ2) is 7.39. The maximum absolute atomic E-state index is 9.96. The van der Waals surface area contributed by atoms with Gasteiger partial charge in [-0.05, 0) is 6.42 Å². The summed E-state index contributed by atoms with van der Waals surface area (Å²) < 4.78 is 5.84. The van der Waals surface area contributed by atoms with Gasteiger partial charge in [0.05, 0.1) is 11.6 Å². The number of aromatic hydroxyl groups is 1. The molecule has 20 heavy (non-hydrogen) atoms. The van der Waals surface area contributed by atoms with Gasteiger partial charge in [-0.3, -0.25) is 0 Å². The Morgan fingerprint density at radius 3 is 2.50 bits per heavy atom. The van der Waals surface area contributed by atoms with Crippen molar-refractivity contribution >= 4 is 22.4 Å². The first-order chi connectivity index (χ1) is 9.74. The van der Waals surface area contributed by atoms with Gasteiger partial charge in [0.25, 0.3) is 0 Å². The fraction of sp³-hybridized carbons (Fsp3) is 0.412. The number of hydrogen-bond acceptors (Lipinski definition) is 2. The van der Waals surface area contributed by atoms with Crippen LogP contribution in [0.3, 0.4) is 0 Å². The van der Waals surface area contributed by atoms with Crippen molar-refractivity contribution in [1.82, 2.24) is 0 Å². The number of phenolic OH excluding ortho intramolecular Hbond substituents is 1. The van der Waals surface area contributed by atoms with E-state index in [1.165, 1.54) is 25.7 Å². The zero-order valence-corrected chi connectivity index (χ0v) is 12.6. The fourth-order valence-electron chi connectivity index (χ4n) is 2.30. The summed E-state index contributed by atoms with van der Waals surface area (Å²) in [6.45, 7) is 2.90. The monoisotopic (exact) mass is 292 g/mol. The van der Waals surface area contributed by atoms with Crippen LogP contribution in [-0.2, 0) is 0 Å². The quantitative estimate of drug-likeness (QED) is 0.678. The molecule has 2 nitrogen and oxygen atoms in total. The molecule has 0 amide bonds. The molecular formula is C17H21ClO2. The second-order valence-corrected chi connectivity index (χ2v) is 5.42. The molecule has 1 N–H and O–H groups in total. The van der Waals surface area contributed by atoms with Gasteiger partial charge in [-0.2, -0.15) is 0 Å². The largest absolute Gasteiger partial charge is 0.506 e. The van der Waals surface area contributed by atoms with Crippen LogP contribution in [0.5, 0.6) is 11.5 Å². The van der Waals surface area contributed by atoms with Gasteiger partial charge >= 0.3 is 0 Å². The van der Waals surface area contributed by atoms with Gasteiger partial charge in [-0.15, -0.1) is 0 Å². The van der Waals surface area contributed by atoms with Crippen molar-refractivity contribution in [3.8, 4) is 11.5 Å². The summed E-state index contributed by atoms with van der Waals surface area (Å²) in [5, 5.41) is 11.9. The van der Waals surface area contributed by atoms with Gasteiger partial charge in [-0.1, -0.05) is 68.5 Å². The first kappa shape index (κ1) is 15.0. The molecule has 3 heteroatoms. The lowest BCUT2D eigenvalue weighted by Gasteiger charge is -2.11. The summed E-state index contributed by atoms with van der Waals surface area (Å²) in [5.74, 6) is 0.872. The van der Waals surface area contributed by atoms with E-state index in [1.807, 2.05) is 24.3 Å². The molecule has 0 fully saturated rings. The Kier molecular flexibility index (Phi) is 5.54. The van der Waals surface area contributed by atoms with Crippen LogP contribution in [0.2, 0.25) is 5.02 Å². The molecule has 2 aromatic rings. The lowest BCUT2D eigenvalue weighted by molar-refractivity contribution is 0.307. The highest BCUT2D eigenvalue weighted by Gasteiger charge is 2.10. The Balaban J connectivity index is 2.05. The average molecular weight is 293 g/mol. The number of fused-ring (bicyclic) bond motifs is 1. The molecule has 2 aromatic carbocycles. The molecule has 0 atom stereocenters. The molecule has 0 bridgehead atoms. The van der Waals surface area contributed by atoms with Gasteiger partial charge in [0, 0.05) is 16.8 Å². The third kappa shape index (κ3) is 3.57. The van der Waals surface area contributed by atoms with Crippen LogP contribution < -0.4 is 4.74 Å². The van der Waals surface area contributed by atoms with E-state index in [9.17, 15) is 5.11 Å². The number of ether oxygens (including phenoxy) is 1. The maximum Gasteiger partial charge on any atom is 0.142 e. The zero-order chi connectivity index (χ0) is 14.4. The Hall–Kier alpha value is -1.41. The molecule has 0 aliphatic rings. The summed E-state index contributed by atoms with van der Waals surface area (Å²) >= 11 is 6.04. The second-order valence-electron chi connectivity index (χ2n) is 5.01. The predicted octanol–water partition coefficient (Wildman–Crippen LogP) is 5.55. The molecule has 0 saturated heterocycles. The number of halogens is 1. The zero-order valence-electron chi connectivity index (χ0n) is 11.9. The molecule has 108 valence electrons. The Bertz CT molecular complexity index is 566. The Labute approximate surface area is 125 Å². The fourth-order valence-corrected chi connectivity index (χ4v) is 2.50. The molecule has 0 aliphatic heterocycles. The number of hydrogen-bond donors (Lipinski definition) is 1. The highest BCUT2D eigenvalue weighted by atomic mass is 35.5. The van der Waals surface area contributed by atoms with Crippen LogP contribution in [0.4, 0.5) is 0 Å². The molecule has 0 heterocycles. The van der Waals surface area contributed by atoms with E-state index in [2.05, 4.69) is 6.92 Å². The van der Waals surface area contributed by atoms with Crippen molar-refractivity contribution in [2.75, 3.05) is 6.61 Å². The van der Waals surface area contributed by atoms with Crippen molar-refractivity contribution in [2.24, 2.45) is 0 Å². The summed E-state index contributed by atoms with van der Waals surface area (Å²) in [5.41, 5.74) is 0. The van der Waals surface area contributed by atoms with E-state index in [4.69, 9.17) is 16.3 Å². The van der Waals surface area contributed by atoms with E-state index in [-0.39, 0.29) is 5.75 Å². The summed E-state index contributed by atoms with van der Waals surface area (Å²) in [6.07, 6.45) is 6.04. The van der Waals surface area contributed by atoms with Gasteiger partial charge in [0.15, 0.2) is 0 Å². The normalized spacial score (nSPS) is 10.9. The third-order valence-electron chi connectivity index (χ3n) is 3.44. The van der Waals surface area contributed by atoms with Crippen molar-refractivity contribution in [1.29, 1.82) is 0 Å². The minimum Gasteiger partial charge on any atom is -0.506 e. The van der Waals surface area contributed by atoms with Crippen LogP contribution in [0.15, 0.2) is 30.3 Å². The third-order valence-corrected chi connectivity index (χ3v) is 3.73. The standard InChI is InChI=1S/C17H21ClO2/c1-2-3-4-5-8-11-20-16-12-15(18)17(19)14-10-7-6-9-13(14)16/h6-7,9-10,12,19H,2-5,8,11H2,1H3. The molecule has 0 spiro atoms. The summed E-state index contributed by atoms with van der Waals surface area (Å²) in [6, 6.07) is 9.31. The van der Waals surface area contributed by atoms with E-state index < -0.39 is 0 Å². The lowest BCUT2D eigenvalue weighted by Crippen LogP contribution is -1.98. The first-order valence-corrected chi connectivity index (χ1v) is 7.65. The maximum atomic E-state index is 9.96. The van der Waals surface area contributed by atoms with Crippen LogP contribution in [0, 0.1) is 0 Å². The average Bonchev–Trinajstić information content (AvgIpc) is 2.47. The number of unbranched alkanes of at least 4 members (excludes halogenated alkanes) is 4. The number of benzene rings is 2. The summed E-state index contributed by atoms with van der Waals surface area (Å²) in [4.78, 5) is 0. The van der Waals surface area contributed by atoms with Crippen molar-refractivity contribution in [3.63, 3.8) is 0 Å². The van der Waals surface area contributed by atoms with Crippen LogP contribution in [-0.4, -0.2) is 11.7 Å². The van der Waals surface area contributed by atoms with Crippen LogP contribution in [0.1, 0.15) is 39.0 Å². The Morgan fingerprint density at radius 2 is 1.75 bits per heavy atom. The molecular weight excluding hydrogens is 272 g/mol. The highest BCUT2D eigenvalue weighted by Crippen LogP contribution is 2.38. The minimum atomic E-state index is 0.123. The topological polar surface area (TPSA) is 29.5 Å². The van der Waals surface area contributed by atoms with Gasteiger partial charge in [0.2, 0.25) is 0 Å². The van der Waals surface area contributed by atoms with Crippen molar-refractivity contribution in [2.45, 2.75) is 39.0 Å². The van der Waals surface area contributed by atoms with Gasteiger partial charge in [-0.25, -0.2) is 0 Å². The number of phenols is 1. The van der Waals surface area contributed by atoms with E-state index >= 15 is 0 Å². The van der Waals surface area contributed by atoms with Crippen LogP contribution >= 0.6 is 11.6 Å². The van der Waals surface area contributed by atoms with Crippen molar-refractivity contribution in [3.05, 3.63) is 35.4 Å². The Morgan fingerprint density at radius 1 is 1.05 bits per heavy atom. The predicted molar refractivity (Wildman–Crippen MR) is 84.9 cm³/mol. The van der Waals surface area contributed by atoms with Gasteiger partial charge in [0.1, 0.15) is 11.5 Å². The van der Waals surface area contributed by atoms with E-state index in [0.717, 1.165) is 22.9 Å². The first-order valence-electron chi connectivity index (χ1n) is 7.27. The molecule has 0 aliphatic carbocycles. The highest BCUT2D eigenvalue weighted by molar-refractivity contribution is 6.33. The smallest absolute Gasteiger partial charge is 0.142 e. The lowest BCUT2D eigenvalue weighted by atomic mass is 10.1. The number of rotatable bonds is 7. The molecule has 0 saturated carbocycles. The van der Waals surface area contributed by atoms with Crippen molar-refractivity contribution < 1.29 is 9.84 Å². The molecule has 0 radical (unpaired) electrons. The van der Waals surface area contributed by atoms with E-state index in [0.29, 0.717) is 11.6 Å². The van der Waals surface area contributed by atoms with Crippen LogP contribution in [0.25, 0.3) is 10.8 Å². The molecule has 0 aromatic heterocycles.